The molecule has 7 heteroatoms. The summed E-state index contributed by atoms with van der Waals surface area (Å²) in [7, 11) is -2.43. The Labute approximate surface area is 111 Å². The molecule has 1 N–H and O–H groups in total. The van der Waals surface area contributed by atoms with Crippen LogP contribution in [0.15, 0.2) is 29.2 Å². The Morgan fingerprint density at radius 3 is 2.79 bits per heavy atom. The van der Waals surface area contributed by atoms with E-state index in [1.165, 1.54) is 35.7 Å². The Bertz CT molecular complexity index is 584. The van der Waals surface area contributed by atoms with Crippen molar-refractivity contribution in [3.05, 3.63) is 29.8 Å². The molecular formula is C12H15NO5S. The minimum absolute atomic E-state index is 0.0319. The molecule has 1 fully saturated rings. The Morgan fingerprint density at radius 1 is 1.47 bits per heavy atom. The number of sulfonamides is 1. The maximum Gasteiger partial charge on any atom is 0.337 e. The molecule has 0 radical (unpaired) electrons. The SMILES string of the molecule is COC(=O)c1cccc(S(=O)(=O)N2CCC(O)C2)c1. The third kappa shape index (κ3) is 2.78. The maximum absolute atomic E-state index is 12.3. The Balaban J connectivity index is 2.33. The molecule has 0 aromatic heterocycles. The van der Waals surface area contributed by atoms with Gasteiger partial charge in [-0.15, -0.1) is 0 Å². The lowest BCUT2D eigenvalue weighted by Crippen LogP contribution is -2.29. The van der Waals surface area contributed by atoms with Crippen molar-refractivity contribution in [2.75, 3.05) is 20.2 Å². The van der Waals surface area contributed by atoms with Crippen LogP contribution >= 0.6 is 0 Å². The molecule has 104 valence electrons. The second-order valence-electron chi connectivity index (χ2n) is 4.32. The van der Waals surface area contributed by atoms with E-state index in [1.54, 1.807) is 0 Å². The average molecular weight is 285 g/mol. The summed E-state index contributed by atoms with van der Waals surface area (Å²) in [6.07, 6.45) is -0.200. The van der Waals surface area contributed by atoms with E-state index in [0.717, 1.165) is 0 Å². The molecule has 0 saturated carbocycles. The lowest BCUT2D eigenvalue weighted by Gasteiger charge is -2.16. The number of ether oxygens (including phenoxy) is 1. The highest BCUT2D eigenvalue weighted by Crippen LogP contribution is 2.22. The van der Waals surface area contributed by atoms with Crippen molar-refractivity contribution in [3.8, 4) is 0 Å². The van der Waals surface area contributed by atoms with Gasteiger partial charge < -0.3 is 9.84 Å². The number of esters is 1. The number of aliphatic hydroxyl groups is 1. The van der Waals surface area contributed by atoms with E-state index < -0.39 is 22.1 Å². The molecule has 1 aliphatic rings. The summed E-state index contributed by atoms with van der Waals surface area (Å²) in [4.78, 5) is 11.4. The van der Waals surface area contributed by atoms with Crippen molar-refractivity contribution >= 4 is 16.0 Å². The molecule has 1 aliphatic heterocycles. The molecular weight excluding hydrogens is 270 g/mol. The van der Waals surface area contributed by atoms with Crippen LogP contribution in [0.25, 0.3) is 0 Å². The predicted octanol–water partition coefficient (Wildman–Crippen LogP) is 0.228. The second-order valence-corrected chi connectivity index (χ2v) is 6.26. The standard InChI is InChI=1S/C12H15NO5S/c1-18-12(15)9-3-2-4-11(7-9)19(16,17)13-6-5-10(14)8-13/h2-4,7,10,14H,5-6,8H2,1H3. The number of benzene rings is 1. The number of methoxy groups -OCH3 is 1. The van der Waals surface area contributed by atoms with Crippen LogP contribution in [0.5, 0.6) is 0 Å². The van der Waals surface area contributed by atoms with Crippen LogP contribution in [0, 0.1) is 0 Å². The Morgan fingerprint density at radius 2 is 2.21 bits per heavy atom. The van der Waals surface area contributed by atoms with E-state index in [1.807, 2.05) is 0 Å². The number of hydrogen-bond donors (Lipinski definition) is 1. The van der Waals surface area contributed by atoms with Gasteiger partial charge in [0.05, 0.1) is 23.7 Å². The summed E-state index contributed by atoms with van der Waals surface area (Å²) in [6, 6.07) is 5.69. The van der Waals surface area contributed by atoms with Crippen LogP contribution in [0.3, 0.4) is 0 Å². The zero-order valence-corrected chi connectivity index (χ0v) is 11.3. The summed E-state index contributed by atoms with van der Waals surface area (Å²) in [6.45, 7) is 0.372. The molecule has 0 spiro atoms. The summed E-state index contributed by atoms with van der Waals surface area (Å²) >= 11 is 0. The van der Waals surface area contributed by atoms with Crippen molar-refractivity contribution in [2.24, 2.45) is 0 Å². The first-order valence-corrected chi connectivity index (χ1v) is 7.26. The number of nitrogens with zero attached hydrogens (tertiary/aromatic N) is 1. The molecule has 0 aliphatic carbocycles. The van der Waals surface area contributed by atoms with Gasteiger partial charge in [0.15, 0.2) is 0 Å². The quantitative estimate of drug-likeness (QED) is 0.804. The molecule has 1 aromatic carbocycles. The van der Waals surface area contributed by atoms with Gasteiger partial charge in [0, 0.05) is 13.1 Å². The van der Waals surface area contributed by atoms with Crippen LogP contribution in [-0.4, -0.2) is 50.1 Å². The Hall–Kier alpha value is -1.44. The zero-order chi connectivity index (χ0) is 14.0. The first kappa shape index (κ1) is 14.0. The van der Waals surface area contributed by atoms with Crippen molar-refractivity contribution in [2.45, 2.75) is 17.4 Å². The fourth-order valence-electron chi connectivity index (χ4n) is 1.98. The maximum atomic E-state index is 12.3. The predicted molar refractivity (Wildman–Crippen MR) is 67.2 cm³/mol. The number of carbonyl (C=O) groups excluding carboxylic acids is 1. The van der Waals surface area contributed by atoms with Crippen LogP contribution < -0.4 is 0 Å². The fourth-order valence-corrected chi connectivity index (χ4v) is 3.52. The normalized spacial score (nSPS) is 20.4. The topological polar surface area (TPSA) is 83.9 Å². The molecule has 1 atom stereocenters. The molecule has 0 bridgehead atoms. The molecule has 1 heterocycles. The summed E-state index contributed by atoms with van der Waals surface area (Å²) in [5.41, 5.74) is 0.184. The number of rotatable bonds is 3. The van der Waals surface area contributed by atoms with Gasteiger partial charge in [0.1, 0.15) is 0 Å². The zero-order valence-electron chi connectivity index (χ0n) is 10.4. The van der Waals surface area contributed by atoms with Crippen molar-refractivity contribution < 1.29 is 23.1 Å². The second kappa shape index (κ2) is 5.28. The fraction of sp³-hybridized carbons (Fsp3) is 0.417. The van der Waals surface area contributed by atoms with E-state index in [0.29, 0.717) is 6.42 Å². The number of hydrogen-bond acceptors (Lipinski definition) is 5. The van der Waals surface area contributed by atoms with E-state index in [4.69, 9.17) is 0 Å². The first-order chi connectivity index (χ1) is 8.95. The lowest BCUT2D eigenvalue weighted by molar-refractivity contribution is 0.0600. The monoisotopic (exact) mass is 285 g/mol. The van der Waals surface area contributed by atoms with Crippen LogP contribution in [-0.2, 0) is 14.8 Å². The molecule has 1 aromatic rings. The van der Waals surface area contributed by atoms with Crippen molar-refractivity contribution in [1.29, 1.82) is 0 Å². The third-order valence-corrected chi connectivity index (χ3v) is 4.88. The van der Waals surface area contributed by atoms with Gasteiger partial charge in [-0.1, -0.05) is 6.07 Å². The van der Waals surface area contributed by atoms with Gasteiger partial charge in [-0.3, -0.25) is 0 Å². The minimum atomic E-state index is -3.67. The molecule has 0 amide bonds. The molecule has 2 rings (SSSR count). The third-order valence-electron chi connectivity index (χ3n) is 3.02. The molecule has 1 saturated heterocycles. The van der Waals surface area contributed by atoms with Crippen molar-refractivity contribution in [1.82, 2.24) is 4.31 Å². The highest BCUT2D eigenvalue weighted by molar-refractivity contribution is 7.89. The average Bonchev–Trinajstić information content (AvgIpc) is 2.85. The van der Waals surface area contributed by atoms with Crippen LogP contribution in [0.2, 0.25) is 0 Å². The highest BCUT2D eigenvalue weighted by Gasteiger charge is 2.31. The first-order valence-electron chi connectivity index (χ1n) is 5.82. The number of carbonyl (C=O) groups is 1. The molecule has 6 nitrogen and oxygen atoms in total. The largest absolute Gasteiger partial charge is 0.465 e. The van der Waals surface area contributed by atoms with Gasteiger partial charge in [-0.2, -0.15) is 4.31 Å². The van der Waals surface area contributed by atoms with E-state index in [2.05, 4.69) is 4.74 Å². The lowest BCUT2D eigenvalue weighted by atomic mass is 10.2. The van der Waals surface area contributed by atoms with Gasteiger partial charge in [-0.25, -0.2) is 13.2 Å². The molecule has 1 unspecified atom stereocenters. The summed E-state index contributed by atoms with van der Waals surface area (Å²) < 4.78 is 30.4. The van der Waals surface area contributed by atoms with Gasteiger partial charge >= 0.3 is 5.97 Å². The van der Waals surface area contributed by atoms with Gasteiger partial charge in [0.25, 0.3) is 0 Å². The van der Waals surface area contributed by atoms with Gasteiger partial charge in [-0.05, 0) is 24.6 Å². The van der Waals surface area contributed by atoms with E-state index >= 15 is 0 Å². The Kier molecular flexibility index (Phi) is 3.88. The van der Waals surface area contributed by atoms with E-state index in [-0.39, 0.29) is 23.5 Å². The van der Waals surface area contributed by atoms with Crippen LogP contribution in [0.1, 0.15) is 16.8 Å². The number of β-amino-alcohol motifs (C(OH)–C–C–N with tert-alkyl or cyclic N) is 1. The minimum Gasteiger partial charge on any atom is -0.465 e. The van der Waals surface area contributed by atoms with Crippen molar-refractivity contribution in [3.63, 3.8) is 0 Å². The molecule has 19 heavy (non-hydrogen) atoms. The smallest absolute Gasteiger partial charge is 0.337 e. The van der Waals surface area contributed by atoms with Gasteiger partial charge in [0.2, 0.25) is 10.0 Å². The summed E-state index contributed by atoms with van der Waals surface area (Å²) in [5, 5.41) is 9.41. The number of aliphatic hydroxyl groups excluding tert-OH is 1. The summed E-state index contributed by atoms with van der Waals surface area (Å²) in [5.74, 6) is -0.585. The van der Waals surface area contributed by atoms with E-state index in [9.17, 15) is 18.3 Å². The highest BCUT2D eigenvalue weighted by atomic mass is 32.2. The van der Waals surface area contributed by atoms with Crippen LogP contribution in [0.4, 0.5) is 0 Å².